The van der Waals surface area contributed by atoms with Crippen molar-refractivity contribution in [3.05, 3.63) is 110 Å². The van der Waals surface area contributed by atoms with Crippen molar-refractivity contribution in [1.82, 2.24) is 4.57 Å². The van der Waals surface area contributed by atoms with Gasteiger partial charge in [0.1, 0.15) is 11.8 Å². The van der Waals surface area contributed by atoms with Crippen LogP contribution in [0.1, 0.15) is 53.8 Å². The molecule has 0 spiro atoms. The normalized spacial score (nSPS) is 19.7. The van der Waals surface area contributed by atoms with E-state index in [-0.39, 0.29) is 34.6 Å². The van der Waals surface area contributed by atoms with Crippen LogP contribution in [0.3, 0.4) is 0 Å². The molecule has 1 fully saturated rings. The van der Waals surface area contributed by atoms with Gasteiger partial charge in [-0.25, -0.2) is 4.90 Å². The van der Waals surface area contributed by atoms with Crippen LogP contribution in [0.25, 0.3) is 0 Å². The van der Waals surface area contributed by atoms with Gasteiger partial charge in [0.2, 0.25) is 17.7 Å². The fourth-order valence-corrected chi connectivity index (χ4v) is 8.57. The number of nitrogens with one attached hydrogen (secondary N) is 1. The summed E-state index contributed by atoms with van der Waals surface area (Å²) in [7, 11) is 0. The van der Waals surface area contributed by atoms with E-state index in [1.54, 1.807) is 12.1 Å². The first-order chi connectivity index (χ1) is 20.4. The summed E-state index contributed by atoms with van der Waals surface area (Å²) in [5.41, 5.74) is 5.12. The molecule has 1 saturated heterocycles. The summed E-state index contributed by atoms with van der Waals surface area (Å²) in [5, 5.41) is 2.76. The van der Waals surface area contributed by atoms with Crippen LogP contribution >= 0.6 is 23.1 Å². The third-order valence-electron chi connectivity index (χ3n) is 8.20. The Labute approximate surface area is 258 Å². The second-order valence-electron chi connectivity index (χ2n) is 12.2. The van der Waals surface area contributed by atoms with Gasteiger partial charge in [0.05, 0.1) is 16.6 Å². The number of fused-ring (bicyclic) bond motifs is 2. The lowest BCUT2D eigenvalue weighted by molar-refractivity contribution is -0.122. The van der Waals surface area contributed by atoms with Crippen molar-refractivity contribution in [2.75, 3.05) is 10.2 Å². The Morgan fingerprint density at radius 3 is 2.21 bits per heavy atom. The zero-order valence-corrected chi connectivity index (χ0v) is 26.3. The van der Waals surface area contributed by atoms with Crippen molar-refractivity contribution in [2.45, 2.75) is 62.8 Å². The van der Waals surface area contributed by atoms with Crippen LogP contribution in [-0.2, 0) is 26.3 Å². The Bertz CT molecular complexity index is 1800. The van der Waals surface area contributed by atoms with Gasteiger partial charge in [0.15, 0.2) is 0 Å². The molecule has 6 rings (SSSR count). The molecule has 7 nitrogen and oxygen atoms in total. The number of carbonyl (C=O) groups excluding carboxylic acids is 3. The maximum Gasteiger partial charge on any atom is 0.308 e. The standard InChI is InChI=1S/C34H33N3O4S2/c1-19-10-16-23(17-11-19)37-30(39)27-26(21-12-14-22(15-13-21)34(3,4)5)29-32(42-28(27)31(37)40)36(33(41)43-29)18-25(38)35-24-9-7-6-8-20(24)2/h6-17,26-28H,18H2,1-5H3,(H,35,38). The lowest BCUT2D eigenvalue weighted by Crippen LogP contribution is -2.33. The van der Waals surface area contributed by atoms with Crippen molar-refractivity contribution in [1.29, 1.82) is 0 Å². The van der Waals surface area contributed by atoms with Crippen LogP contribution in [0.15, 0.2) is 82.6 Å². The summed E-state index contributed by atoms with van der Waals surface area (Å²) in [4.78, 5) is 56.4. The molecule has 3 unspecified atom stereocenters. The molecule has 3 aromatic carbocycles. The summed E-state index contributed by atoms with van der Waals surface area (Å²) in [6.07, 6.45) is 0. The second-order valence-corrected chi connectivity index (χ2v) is 14.4. The number of rotatable bonds is 5. The van der Waals surface area contributed by atoms with Crippen LogP contribution in [-0.4, -0.2) is 27.5 Å². The molecule has 4 aromatic rings. The summed E-state index contributed by atoms with van der Waals surface area (Å²) in [6, 6.07) is 22.9. The van der Waals surface area contributed by atoms with Gasteiger partial charge in [-0.15, -0.1) is 0 Å². The molecule has 220 valence electrons. The van der Waals surface area contributed by atoms with Gasteiger partial charge in [-0.3, -0.25) is 23.7 Å². The van der Waals surface area contributed by atoms with Gasteiger partial charge in [-0.05, 0) is 54.2 Å². The first-order valence-corrected chi connectivity index (χ1v) is 15.9. The number of thioether (sulfide) groups is 1. The Hall–Kier alpha value is -3.95. The molecule has 2 aliphatic heterocycles. The molecule has 9 heteroatoms. The topological polar surface area (TPSA) is 88.5 Å². The summed E-state index contributed by atoms with van der Waals surface area (Å²) in [5.74, 6) is -2.09. The van der Waals surface area contributed by atoms with Crippen molar-refractivity contribution in [2.24, 2.45) is 5.92 Å². The number of nitrogens with zero attached hydrogens (tertiary/aromatic N) is 2. The zero-order valence-electron chi connectivity index (χ0n) is 24.7. The lowest BCUT2D eigenvalue weighted by atomic mass is 9.81. The Morgan fingerprint density at radius 2 is 1.56 bits per heavy atom. The predicted molar refractivity (Wildman–Crippen MR) is 172 cm³/mol. The number of aryl methyl sites for hydroxylation is 2. The molecule has 3 atom stereocenters. The number of para-hydroxylation sites is 1. The molecule has 0 saturated carbocycles. The summed E-state index contributed by atoms with van der Waals surface area (Å²) in [6.45, 7) is 10.1. The van der Waals surface area contributed by atoms with E-state index in [9.17, 15) is 19.2 Å². The lowest BCUT2D eigenvalue weighted by Gasteiger charge is -2.31. The highest BCUT2D eigenvalue weighted by Crippen LogP contribution is 2.54. The third kappa shape index (κ3) is 5.25. The number of anilines is 2. The van der Waals surface area contributed by atoms with E-state index < -0.39 is 17.1 Å². The molecule has 0 bridgehead atoms. The predicted octanol–water partition coefficient (Wildman–Crippen LogP) is 6.26. The molecule has 0 aliphatic carbocycles. The van der Waals surface area contributed by atoms with Gasteiger partial charge in [0.25, 0.3) is 0 Å². The van der Waals surface area contributed by atoms with E-state index in [1.807, 2.05) is 62.4 Å². The van der Waals surface area contributed by atoms with E-state index in [0.29, 0.717) is 16.4 Å². The molecule has 2 aliphatic rings. The van der Waals surface area contributed by atoms with Crippen molar-refractivity contribution < 1.29 is 14.4 Å². The van der Waals surface area contributed by atoms with E-state index in [1.165, 1.54) is 21.2 Å². The second kappa shape index (κ2) is 11.0. The highest BCUT2D eigenvalue weighted by molar-refractivity contribution is 8.00. The molecule has 1 N–H and O–H groups in total. The summed E-state index contributed by atoms with van der Waals surface area (Å²) < 4.78 is 1.46. The molecule has 3 amide bonds. The fourth-order valence-electron chi connectivity index (χ4n) is 5.80. The zero-order chi connectivity index (χ0) is 30.6. The highest BCUT2D eigenvalue weighted by Gasteiger charge is 2.56. The first-order valence-electron chi connectivity index (χ1n) is 14.2. The van der Waals surface area contributed by atoms with Gasteiger partial charge in [-0.1, -0.05) is 104 Å². The maximum atomic E-state index is 14.1. The van der Waals surface area contributed by atoms with Gasteiger partial charge in [0, 0.05) is 16.5 Å². The fraction of sp³-hybridized carbons (Fsp3) is 0.294. The first kappa shape index (κ1) is 29.1. The molecule has 3 heterocycles. The quantitative estimate of drug-likeness (QED) is 0.269. The number of benzene rings is 3. The largest absolute Gasteiger partial charge is 0.324 e. The van der Waals surface area contributed by atoms with Crippen LogP contribution in [0.5, 0.6) is 0 Å². The van der Waals surface area contributed by atoms with E-state index in [4.69, 9.17) is 0 Å². The monoisotopic (exact) mass is 611 g/mol. The number of aromatic nitrogens is 1. The minimum Gasteiger partial charge on any atom is -0.324 e. The maximum absolute atomic E-state index is 14.1. The Morgan fingerprint density at radius 1 is 0.884 bits per heavy atom. The number of thiazole rings is 1. The summed E-state index contributed by atoms with van der Waals surface area (Å²) >= 11 is 2.28. The number of amides is 3. The van der Waals surface area contributed by atoms with Gasteiger partial charge < -0.3 is 5.32 Å². The van der Waals surface area contributed by atoms with E-state index in [2.05, 4.69) is 38.2 Å². The Balaban J connectivity index is 1.42. The molecular formula is C34H33N3O4S2. The number of carbonyl (C=O) groups is 3. The van der Waals surface area contributed by atoms with E-state index >= 15 is 0 Å². The highest BCUT2D eigenvalue weighted by atomic mass is 32.2. The number of hydrogen-bond acceptors (Lipinski definition) is 6. The number of imide groups is 1. The van der Waals surface area contributed by atoms with Crippen molar-refractivity contribution in [3.8, 4) is 0 Å². The van der Waals surface area contributed by atoms with Crippen LogP contribution in [0.4, 0.5) is 11.4 Å². The van der Waals surface area contributed by atoms with Crippen LogP contribution in [0.2, 0.25) is 0 Å². The smallest absolute Gasteiger partial charge is 0.308 e. The average molecular weight is 612 g/mol. The molecule has 0 radical (unpaired) electrons. The van der Waals surface area contributed by atoms with Crippen LogP contribution in [0, 0.1) is 19.8 Å². The minimum atomic E-state index is -0.728. The molecular weight excluding hydrogens is 579 g/mol. The van der Waals surface area contributed by atoms with Crippen molar-refractivity contribution >= 4 is 52.2 Å². The van der Waals surface area contributed by atoms with Crippen molar-refractivity contribution in [3.63, 3.8) is 0 Å². The van der Waals surface area contributed by atoms with Gasteiger partial charge in [-0.2, -0.15) is 0 Å². The van der Waals surface area contributed by atoms with Gasteiger partial charge >= 0.3 is 4.87 Å². The minimum absolute atomic E-state index is 0.0609. The third-order valence-corrected chi connectivity index (χ3v) is 10.8. The average Bonchev–Trinajstić information content (AvgIpc) is 3.40. The SMILES string of the molecule is Cc1ccc(N2C(=O)C3Sc4c(sc(=O)n4CC(=O)Nc4ccccc4C)C(c4ccc(C(C)(C)C)cc4)C3C2=O)cc1. The number of hydrogen-bond donors (Lipinski definition) is 1. The van der Waals surface area contributed by atoms with E-state index in [0.717, 1.165) is 38.5 Å². The Kier molecular flexibility index (Phi) is 7.42. The molecule has 1 aromatic heterocycles. The molecule has 43 heavy (non-hydrogen) atoms. The van der Waals surface area contributed by atoms with Crippen LogP contribution < -0.4 is 15.1 Å².